The largest absolute Gasteiger partial charge is 0.507 e. The molecule has 0 aromatic heterocycles. The lowest BCUT2D eigenvalue weighted by molar-refractivity contribution is 0.103. The van der Waals surface area contributed by atoms with Crippen LogP contribution < -0.4 is 0 Å². The number of nitrogens with zero attached hydrogens (tertiary/aromatic N) is 1. The minimum absolute atomic E-state index is 0.0480. The topological polar surface area (TPSA) is 40.5 Å². The van der Waals surface area contributed by atoms with Crippen molar-refractivity contribution in [2.45, 2.75) is 46.6 Å². The molecule has 0 atom stereocenters. The van der Waals surface area contributed by atoms with Crippen molar-refractivity contribution in [2.75, 3.05) is 13.1 Å². The zero-order valence-corrected chi connectivity index (χ0v) is 16.3. The van der Waals surface area contributed by atoms with Gasteiger partial charge in [-0.1, -0.05) is 46.8 Å². The van der Waals surface area contributed by atoms with Gasteiger partial charge in [0.1, 0.15) is 11.6 Å². The molecule has 0 saturated carbocycles. The molecule has 0 aliphatic rings. The second-order valence-corrected chi connectivity index (χ2v) is 7.55. The van der Waals surface area contributed by atoms with Gasteiger partial charge in [-0.25, -0.2) is 4.39 Å². The molecular formula is C22H28FNO2. The number of carbonyl (C=O) groups excluding carboxylic acids is 1. The van der Waals surface area contributed by atoms with E-state index in [0.29, 0.717) is 23.2 Å². The fourth-order valence-corrected chi connectivity index (χ4v) is 3.01. The molecule has 0 aliphatic carbocycles. The van der Waals surface area contributed by atoms with Gasteiger partial charge in [-0.3, -0.25) is 9.69 Å². The van der Waals surface area contributed by atoms with E-state index in [1.807, 2.05) is 20.8 Å². The lowest BCUT2D eigenvalue weighted by Crippen LogP contribution is -2.23. The molecule has 4 heteroatoms. The Hall–Kier alpha value is -2.20. The quantitative estimate of drug-likeness (QED) is 0.748. The molecular weight excluding hydrogens is 329 g/mol. The van der Waals surface area contributed by atoms with Crippen LogP contribution in [0.1, 0.15) is 61.7 Å². The van der Waals surface area contributed by atoms with Crippen molar-refractivity contribution in [2.24, 2.45) is 0 Å². The standard InChI is InChI=1S/C22H28FNO2/c1-6-24(7-2)14-16-12-15(13-18(21(16)26)22(3,4)5)20(25)17-10-8-9-11-19(17)23/h8-13,26H,6-7,14H2,1-5H3. The Kier molecular flexibility index (Phi) is 6.19. The second kappa shape index (κ2) is 8.00. The number of phenols is 1. The molecule has 0 heterocycles. The van der Waals surface area contributed by atoms with Crippen molar-refractivity contribution in [3.8, 4) is 5.75 Å². The van der Waals surface area contributed by atoms with Crippen molar-refractivity contribution in [1.82, 2.24) is 4.90 Å². The molecule has 0 amide bonds. The van der Waals surface area contributed by atoms with Crippen LogP contribution in [0.3, 0.4) is 0 Å². The highest BCUT2D eigenvalue weighted by Gasteiger charge is 2.24. The Bertz CT molecular complexity index is 789. The molecule has 2 aromatic carbocycles. The van der Waals surface area contributed by atoms with E-state index in [2.05, 4.69) is 18.7 Å². The third-order valence-electron chi connectivity index (χ3n) is 4.67. The lowest BCUT2D eigenvalue weighted by atomic mass is 9.83. The first-order chi connectivity index (χ1) is 12.2. The van der Waals surface area contributed by atoms with Gasteiger partial charge in [-0.2, -0.15) is 0 Å². The van der Waals surface area contributed by atoms with Crippen LogP contribution in [0.15, 0.2) is 36.4 Å². The van der Waals surface area contributed by atoms with Crippen LogP contribution in [0, 0.1) is 5.82 Å². The van der Waals surface area contributed by atoms with E-state index in [9.17, 15) is 14.3 Å². The van der Waals surface area contributed by atoms with Gasteiger partial charge in [0.15, 0.2) is 5.78 Å². The molecule has 140 valence electrons. The maximum absolute atomic E-state index is 14.1. The number of hydrogen-bond acceptors (Lipinski definition) is 3. The molecule has 0 saturated heterocycles. The maximum atomic E-state index is 14.1. The zero-order chi connectivity index (χ0) is 19.5. The van der Waals surface area contributed by atoms with E-state index >= 15 is 0 Å². The molecule has 0 fully saturated rings. The number of ketones is 1. The Morgan fingerprint density at radius 1 is 1.12 bits per heavy atom. The molecule has 0 bridgehead atoms. The first-order valence-corrected chi connectivity index (χ1v) is 9.07. The summed E-state index contributed by atoms with van der Waals surface area (Å²) in [5.74, 6) is -0.683. The van der Waals surface area contributed by atoms with Gasteiger partial charge >= 0.3 is 0 Å². The first kappa shape index (κ1) is 20.1. The lowest BCUT2D eigenvalue weighted by Gasteiger charge is -2.25. The number of phenolic OH excluding ortho intramolecular Hbond substituents is 1. The molecule has 3 nitrogen and oxygen atoms in total. The number of hydrogen-bond donors (Lipinski definition) is 1. The Morgan fingerprint density at radius 3 is 2.27 bits per heavy atom. The average Bonchev–Trinajstić information content (AvgIpc) is 2.59. The molecule has 0 radical (unpaired) electrons. The summed E-state index contributed by atoms with van der Waals surface area (Å²) in [4.78, 5) is 15.1. The third-order valence-corrected chi connectivity index (χ3v) is 4.67. The summed E-state index contributed by atoms with van der Waals surface area (Å²) in [6, 6.07) is 9.38. The van der Waals surface area contributed by atoms with Gasteiger partial charge in [-0.15, -0.1) is 0 Å². The molecule has 0 aliphatic heterocycles. The summed E-state index contributed by atoms with van der Waals surface area (Å²) in [7, 11) is 0. The van der Waals surface area contributed by atoms with Crippen LogP contribution in [-0.2, 0) is 12.0 Å². The van der Waals surface area contributed by atoms with Crippen LogP contribution >= 0.6 is 0 Å². The van der Waals surface area contributed by atoms with Crippen LogP contribution in [0.2, 0.25) is 0 Å². The van der Waals surface area contributed by atoms with Gasteiger partial charge in [-0.05, 0) is 42.8 Å². The number of aromatic hydroxyl groups is 1. The fraction of sp³-hybridized carbons (Fsp3) is 0.409. The van der Waals surface area contributed by atoms with Gasteiger partial charge in [0, 0.05) is 23.2 Å². The van der Waals surface area contributed by atoms with Crippen molar-refractivity contribution in [1.29, 1.82) is 0 Å². The Morgan fingerprint density at radius 2 is 1.73 bits per heavy atom. The average molecular weight is 357 g/mol. The van der Waals surface area contributed by atoms with Crippen LogP contribution in [0.4, 0.5) is 4.39 Å². The van der Waals surface area contributed by atoms with Crippen molar-refractivity contribution < 1.29 is 14.3 Å². The Labute approximate surface area is 155 Å². The number of carbonyl (C=O) groups is 1. The maximum Gasteiger partial charge on any atom is 0.195 e. The van der Waals surface area contributed by atoms with Crippen LogP contribution in [0.25, 0.3) is 0 Å². The minimum Gasteiger partial charge on any atom is -0.507 e. The predicted octanol–water partition coefficient (Wildman–Crippen LogP) is 4.90. The highest BCUT2D eigenvalue weighted by Crippen LogP contribution is 2.35. The van der Waals surface area contributed by atoms with Crippen molar-refractivity contribution in [3.63, 3.8) is 0 Å². The van der Waals surface area contributed by atoms with Crippen LogP contribution in [0.5, 0.6) is 5.75 Å². The van der Waals surface area contributed by atoms with Gasteiger partial charge in [0.2, 0.25) is 0 Å². The molecule has 0 spiro atoms. The predicted molar refractivity (Wildman–Crippen MR) is 103 cm³/mol. The SMILES string of the molecule is CCN(CC)Cc1cc(C(=O)c2ccccc2F)cc(C(C)(C)C)c1O. The monoisotopic (exact) mass is 357 g/mol. The molecule has 2 aromatic rings. The minimum atomic E-state index is -0.534. The summed E-state index contributed by atoms with van der Waals surface area (Å²) >= 11 is 0. The first-order valence-electron chi connectivity index (χ1n) is 9.07. The summed E-state index contributed by atoms with van der Waals surface area (Å²) in [5, 5.41) is 10.8. The number of halogens is 1. The summed E-state index contributed by atoms with van der Waals surface area (Å²) in [6.07, 6.45) is 0. The normalized spacial score (nSPS) is 11.8. The number of rotatable bonds is 6. The number of benzene rings is 2. The smallest absolute Gasteiger partial charge is 0.195 e. The highest BCUT2D eigenvalue weighted by atomic mass is 19.1. The molecule has 2 rings (SSSR count). The summed E-state index contributed by atoms with van der Waals surface area (Å²) in [6.45, 7) is 12.3. The fourth-order valence-electron chi connectivity index (χ4n) is 3.01. The van der Waals surface area contributed by atoms with E-state index in [0.717, 1.165) is 13.1 Å². The summed E-state index contributed by atoms with van der Waals surface area (Å²) in [5.41, 5.74) is 1.50. The summed E-state index contributed by atoms with van der Waals surface area (Å²) < 4.78 is 14.1. The van der Waals surface area contributed by atoms with E-state index < -0.39 is 5.82 Å². The van der Waals surface area contributed by atoms with E-state index in [-0.39, 0.29) is 22.5 Å². The van der Waals surface area contributed by atoms with E-state index in [1.165, 1.54) is 12.1 Å². The van der Waals surface area contributed by atoms with Gasteiger partial charge < -0.3 is 5.11 Å². The van der Waals surface area contributed by atoms with E-state index in [1.54, 1.807) is 24.3 Å². The van der Waals surface area contributed by atoms with Crippen molar-refractivity contribution in [3.05, 3.63) is 64.5 Å². The molecule has 0 unspecified atom stereocenters. The third kappa shape index (κ3) is 4.31. The van der Waals surface area contributed by atoms with Gasteiger partial charge in [0.25, 0.3) is 0 Å². The second-order valence-electron chi connectivity index (χ2n) is 7.55. The highest BCUT2D eigenvalue weighted by molar-refractivity contribution is 6.09. The molecule has 1 N–H and O–H groups in total. The Balaban J connectivity index is 2.59. The van der Waals surface area contributed by atoms with E-state index in [4.69, 9.17) is 0 Å². The van der Waals surface area contributed by atoms with Crippen LogP contribution in [-0.4, -0.2) is 28.9 Å². The van der Waals surface area contributed by atoms with Crippen molar-refractivity contribution >= 4 is 5.78 Å². The zero-order valence-electron chi connectivity index (χ0n) is 16.3. The van der Waals surface area contributed by atoms with Gasteiger partial charge in [0.05, 0.1) is 5.56 Å². The molecule has 26 heavy (non-hydrogen) atoms.